The lowest BCUT2D eigenvalue weighted by Crippen LogP contribution is -1.54. The second kappa shape index (κ2) is 1.65. The highest BCUT2D eigenvalue weighted by Crippen LogP contribution is 2.04. The van der Waals surface area contributed by atoms with Crippen molar-refractivity contribution in [2.45, 2.75) is 0 Å². The molecule has 0 unspecified atom stereocenters. The molecule has 7 heavy (non-hydrogen) atoms. The van der Waals surface area contributed by atoms with Crippen LogP contribution in [0, 0.1) is 0 Å². The fraction of sp³-hybridized carbons (Fsp3) is 0. The van der Waals surface area contributed by atoms with Gasteiger partial charge in [0.05, 0.1) is 0 Å². The fourth-order valence-electron chi connectivity index (χ4n) is 0.420. The van der Waals surface area contributed by atoms with Gasteiger partial charge in [0.15, 0.2) is 5.75 Å². The van der Waals surface area contributed by atoms with Crippen molar-refractivity contribution < 1.29 is 5.11 Å². The molecule has 1 nitrogen and oxygen atoms in total. The minimum Gasteiger partial charge on any atom is -0.290 e. The SMILES string of the molecule is [1O]c1ccccc1. The summed E-state index contributed by atoms with van der Waals surface area (Å²) >= 11 is 0. The second-order valence-electron chi connectivity index (χ2n) is 1.31. The van der Waals surface area contributed by atoms with E-state index in [1.807, 2.05) is 6.07 Å². The van der Waals surface area contributed by atoms with Gasteiger partial charge < -0.3 is 0 Å². The second-order valence-corrected chi connectivity index (χ2v) is 1.31. The summed E-state index contributed by atoms with van der Waals surface area (Å²) in [5.74, 6) is 0.0718. The molecule has 0 bridgehead atoms. The van der Waals surface area contributed by atoms with Gasteiger partial charge in [0, 0.05) is 0 Å². The molecule has 0 aliphatic rings. The van der Waals surface area contributed by atoms with Crippen LogP contribution in [0.4, 0.5) is 0 Å². The van der Waals surface area contributed by atoms with Crippen molar-refractivity contribution in [3.05, 3.63) is 30.3 Å². The molecule has 0 heterocycles. The van der Waals surface area contributed by atoms with E-state index in [2.05, 4.69) is 0 Å². The number of hydrogen-bond acceptors (Lipinski definition) is 0. The van der Waals surface area contributed by atoms with Crippen molar-refractivity contribution in [3.8, 4) is 5.75 Å². The maximum atomic E-state index is 10.3. The Morgan fingerprint density at radius 1 is 1.00 bits per heavy atom. The molecule has 0 aliphatic carbocycles. The van der Waals surface area contributed by atoms with Crippen LogP contribution in [-0.2, 0) is 5.11 Å². The van der Waals surface area contributed by atoms with Crippen molar-refractivity contribution in [3.63, 3.8) is 0 Å². The Hall–Kier alpha value is -0.980. The Bertz CT molecular complexity index is 134. The van der Waals surface area contributed by atoms with Gasteiger partial charge in [-0.05, 0) is 12.1 Å². The zero-order chi connectivity index (χ0) is 5.11. The van der Waals surface area contributed by atoms with E-state index in [9.17, 15) is 5.11 Å². The third-order valence-corrected chi connectivity index (χ3v) is 0.743. The van der Waals surface area contributed by atoms with Gasteiger partial charge in [0.1, 0.15) is 0 Å². The number of rotatable bonds is 0. The van der Waals surface area contributed by atoms with Crippen molar-refractivity contribution in [2.75, 3.05) is 0 Å². The molecule has 1 heteroatoms. The highest BCUT2D eigenvalue weighted by Gasteiger charge is 1.78. The van der Waals surface area contributed by atoms with Gasteiger partial charge in [-0.15, -0.1) is 0 Å². The first-order valence-corrected chi connectivity index (χ1v) is 2.11. The molecule has 0 saturated heterocycles. The molecule has 0 atom stereocenters. The van der Waals surface area contributed by atoms with Gasteiger partial charge >= 0.3 is 0 Å². The Morgan fingerprint density at radius 3 is 1.86 bits per heavy atom. The molecule has 1 aromatic rings. The van der Waals surface area contributed by atoms with Crippen LogP contribution in [0.15, 0.2) is 30.3 Å². The molecule has 0 spiro atoms. The molecule has 0 aliphatic heterocycles. The van der Waals surface area contributed by atoms with E-state index in [0.29, 0.717) is 0 Å². The summed E-state index contributed by atoms with van der Waals surface area (Å²) in [7, 11) is 0. The topological polar surface area (TPSA) is 19.9 Å². The van der Waals surface area contributed by atoms with Gasteiger partial charge in [-0.2, -0.15) is 0 Å². The zero-order valence-corrected chi connectivity index (χ0v) is 3.79. The molecule has 0 fully saturated rings. The van der Waals surface area contributed by atoms with Crippen LogP contribution >= 0.6 is 0 Å². The van der Waals surface area contributed by atoms with Gasteiger partial charge in [-0.3, -0.25) is 5.11 Å². The standard InChI is InChI=1S/C6H5O/c7-6-4-2-1-3-5-6/h1-5H/i7-15. The van der Waals surface area contributed by atoms with Gasteiger partial charge in [-0.1, -0.05) is 18.2 Å². The zero-order valence-electron chi connectivity index (χ0n) is 3.79. The van der Waals surface area contributed by atoms with Crippen molar-refractivity contribution in [1.29, 1.82) is 0 Å². The summed E-state index contributed by atoms with van der Waals surface area (Å²) < 4.78 is 0. The Labute approximate surface area is 42.2 Å². The first kappa shape index (κ1) is 4.19. The lowest BCUT2D eigenvalue weighted by molar-refractivity contribution is 0.355. The van der Waals surface area contributed by atoms with E-state index in [-0.39, 0.29) is 5.75 Å². The molecular formula is C6H5O. The molecular weight excluding hydrogens is 73.1 g/mol. The van der Waals surface area contributed by atoms with Crippen molar-refractivity contribution >= 4 is 0 Å². The third kappa shape index (κ3) is 0.929. The molecule has 0 saturated carbocycles. The highest BCUT2D eigenvalue weighted by molar-refractivity contribution is 5.18. The van der Waals surface area contributed by atoms with Crippen LogP contribution in [0.25, 0.3) is 0 Å². The lowest BCUT2D eigenvalue weighted by Gasteiger charge is -1.77. The van der Waals surface area contributed by atoms with E-state index in [1.54, 1.807) is 12.1 Å². The number of benzene rings is 1. The molecule has 0 N–H and O–H groups in total. The molecule has 0 amide bonds. The van der Waals surface area contributed by atoms with Crippen molar-refractivity contribution in [1.82, 2.24) is 0 Å². The lowest BCUT2D eigenvalue weighted by atomic mass is 0.909. The van der Waals surface area contributed by atoms with E-state index in [4.69, 9.17) is 0 Å². The Balaban J connectivity index is 3.02. The summed E-state index contributed by atoms with van der Waals surface area (Å²) in [5.41, 5.74) is 0. The maximum absolute atomic E-state index is 10.3. The molecule has 1 aromatic carbocycles. The predicted molar refractivity (Wildman–Crippen MR) is 26.6 cm³/mol. The Morgan fingerprint density at radius 2 is 1.57 bits per heavy atom. The molecule has 0 aromatic heterocycles. The third-order valence-electron chi connectivity index (χ3n) is 0.743. The van der Waals surface area contributed by atoms with Crippen LogP contribution < -0.4 is 0 Å². The number of para-hydroxylation sites is 1. The van der Waals surface area contributed by atoms with Crippen molar-refractivity contribution in [2.24, 2.45) is 0 Å². The summed E-state index contributed by atoms with van der Waals surface area (Å²) in [6.45, 7) is 0. The first-order valence-electron chi connectivity index (χ1n) is 2.11. The molecule has 1 radical (unpaired) electrons. The average Bonchev–Trinajstić information content (AvgIpc) is 1.69. The van der Waals surface area contributed by atoms with Crippen LogP contribution in [0.1, 0.15) is 0 Å². The molecule has 1 rings (SSSR count). The van der Waals surface area contributed by atoms with E-state index < -0.39 is 0 Å². The smallest absolute Gasteiger partial charge is 0.178 e. The fourth-order valence-corrected chi connectivity index (χ4v) is 0.420. The number of hydrogen-bond donors (Lipinski definition) is 0. The van der Waals surface area contributed by atoms with E-state index in [0.717, 1.165) is 0 Å². The summed E-state index contributed by atoms with van der Waals surface area (Å²) in [6, 6.07) is 8.33. The highest BCUT2D eigenvalue weighted by atomic mass is 13.7. The minimum absolute atomic E-state index is 0.0718. The van der Waals surface area contributed by atoms with Gasteiger partial charge in [-0.25, -0.2) is 0 Å². The summed E-state index contributed by atoms with van der Waals surface area (Å²) in [4.78, 5) is 0. The van der Waals surface area contributed by atoms with Gasteiger partial charge in [0.2, 0.25) is 0 Å². The first-order chi connectivity index (χ1) is 3.39. The average molecular weight is 78.1 g/mol. The van der Waals surface area contributed by atoms with Crippen LogP contribution in [-0.4, -0.2) is 0 Å². The van der Waals surface area contributed by atoms with Crippen LogP contribution in [0.3, 0.4) is 0 Å². The predicted octanol–water partition coefficient (Wildman–Crippen LogP) is 1.83. The normalized spacial score (nSPS) is 8.57. The largest absolute Gasteiger partial charge is 0.290 e. The monoisotopic (exact) mass is 78.0 g/mol. The summed E-state index contributed by atoms with van der Waals surface area (Å²) in [5, 5.41) is 10.3. The Kier molecular flexibility index (Phi) is 0.984. The van der Waals surface area contributed by atoms with Crippen LogP contribution in [0.5, 0.6) is 5.75 Å². The summed E-state index contributed by atoms with van der Waals surface area (Å²) in [6.07, 6.45) is 0. The molecule has 35 valence electrons. The van der Waals surface area contributed by atoms with Gasteiger partial charge in [0.25, 0.3) is 0 Å². The minimum atomic E-state index is 0.0718. The van der Waals surface area contributed by atoms with E-state index in [1.165, 1.54) is 12.1 Å². The van der Waals surface area contributed by atoms with E-state index >= 15 is 0 Å². The quantitative estimate of drug-likeness (QED) is 0.451. The van der Waals surface area contributed by atoms with Crippen LogP contribution in [0.2, 0.25) is 0 Å². The maximum Gasteiger partial charge on any atom is 0.178 e.